The van der Waals surface area contributed by atoms with E-state index in [9.17, 15) is 27.9 Å². The maximum absolute atomic E-state index is 15.2. The lowest BCUT2D eigenvalue weighted by Crippen LogP contribution is -2.47. The first kappa shape index (κ1) is 32.7. The zero-order valence-corrected chi connectivity index (χ0v) is 25.8. The minimum absolute atomic E-state index is 0.0129. The third kappa shape index (κ3) is 6.92. The number of hydrogen-bond donors (Lipinski definition) is 2. The number of alkyl halides is 3. The Balaban J connectivity index is 1.62. The van der Waals surface area contributed by atoms with Crippen LogP contribution in [0.5, 0.6) is 5.75 Å². The largest absolute Gasteiger partial charge is 0.491 e. The molecule has 2 amide bonds. The van der Waals surface area contributed by atoms with Crippen LogP contribution in [0.3, 0.4) is 0 Å². The van der Waals surface area contributed by atoms with Crippen LogP contribution >= 0.6 is 0 Å². The van der Waals surface area contributed by atoms with Gasteiger partial charge in [0.15, 0.2) is 0 Å². The average Bonchev–Trinajstić information content (AvgIpc) is 2.99. The molecule has 1 aliphatic rings. The molecule has 2 N–H and O–H groups in total. The summed E-state index contributed by atoms with van der Waals surface area (Å²) in [4.78, 5) is 29.8. The average molecular weight is 635 g/mol. The van der Waals surface area contributed by atoms with Crippen molar-refractivity contribution in [1.29, 1.82) is 0 Å². The lowest BCUT2D eigenvalue weighted by atomic mass is 9.80. The van der Waals surface area contributed by atoms with Crippen molar-refractivity contribution in [3.63, 3.8) is 0 Å². The molecule has 6 nitrogen and oxygen atoms in total. The number of rotatable bonds is 7. The predicted octanol–water partition coefficient (Wildman–Crippen LogP) is 7.81. The molecule has 1 heterocycles. The van der Waals surface area contributed by atoms with Gasteiger partial charge in [0.25, 0.3) is 5.91 Å². The quantitative estimate of drug-likeness (QED) is 0.203. The van der Waals surface area contributed by atoms with Crippen LogP contribution in [0.25, 0.3) is 0 Å². The summed E-state index contributed by atoms with van der Waals surface area (Å²) in [5.74, 6) is -2.54. The molecule has 4 aromatic rings. The highest BCUT2D eigenvalue weighted by atomic mass is 19.4. The molecule has 0 spiro atoms. The van der Waals surface area contributed by atoms with Gasteiger partial charge in [0.1, 0.15) is 18.2 Å². The molecule has 5 rings (SSSR count). The number of carbonyl (C=O) groups is 2. The Morgan fingerprint density at radius 2 is 1.63 bits per heavy atom. The molecule has 0 saturated heterocycles. The number of hydrogen-bond acceptors (Lipinski definition) is 4. The van der Waals surface area contributed by atoms with Gasteiger partial charge in [0.05, 0.1) is 28.7 Å². The highest BCUT2D eigenvalue weighted by Crippen LogP contribution is 2.44. The maximum atomic E-state index is 15.2. The molecule has 240 valence electrons. The Morgan fingerprint density at radius 3 is 2.28 bits per heavy atom. The highest BCUT2D eigenvalue weighted by molar-refractivity contribution is 6.09. The third-order valence-electron chi connectivity index (χ3n) is 7.97. The summed E-state index contributed by atoms with van der Waals surface area (Å²) in [7, 11) is 0. The zero-order valence-electron chi connectivity index (χ0n) is 25.8. The zero-order chi connectivity index (χ0) is 33.4. The fourth-order valence-electron chi connectivity index (χ4n) is 5.73. The maximum Gasteiger partial charge on any atom is 0.416 e. The van der Waals surface area contributed by atoms with Crippen LogP contribution < -0.4 is 15.0 Å². The molecule has 0 saturated carbocycles. The number of para-hydroxylation sites is 1. The van der Waals surface area contributed by atoms with E-state index in [1.165, 1.54) is 36.1 Å². The van der Waals surface area contributed by atoms with Crippen molar-refractivity contribution < 1.29 is 37.0 Å². The fraction of sp³-hybridized carbons (Fsp3) is 0.278. The normalized spacial score (nSPS) is 16.5. The number of carbonyl (C=O) groups excluding carboxylic acids is 2. The molecule has 1 aliphatic heterocycles. The van der Waals surface area contributed by atoms with Crippen molar-refractivity contribution >= 4 is 23.2 Å². The van der Waals surface area contributed by atoms with Gasteiger partial charge < -0.3 is 15.2 Å². The molecule has 0 aliphatic carbocycles. The SMILES string of the molecule is Cc1ccc(NC(=O)[C@H]2Cc3ccccc3N(C(=O)c3c(C)cccc3F)C2c2ccc(OCC(C)(C)O)cc2)cc1C(F)(F)F. The van der Waals surface area contributed by atoms with Gasteiger partial charge in [-0.2, -0.15) is 13.2 Å². The van der Waals surface area contributed by atoms with Crippen molar-refractivity contribution in [1.82, 2.24) is 0 Å². The molecule has 0 aromatic heterocycles. The van der Waals surface area contributed by atoms with Gasteiger partial charge in [-0.3, -0.25) is 14.5 Å². The van der Waals surface area contributed by atoms with Gasteiger partial charge >= 0.3 is 6.18 Å². The monoisotopic (exact) mass is 634 g/mol. The van der Waals surface area contributed by atoms with Gasteiger partial charge in [-0.1, -0.05) is 48.5 Å². The molecular weight excluding hydrogens is 600 g/mol. The van der Waals surface area contributed by atoms with Gasteiger partial charge in [-0.25, -0.2) is 4.39 Å². The number of nitrogens with zero attached hydrogens (tertiary/aromatic N) is 1. The Hall–Kier alpha value is -4.70. The molecule has 0 fully saturated rings. The van der Waals surface area contributed by atoms with Crippen molar-refractivity contribution in [3.8, 4) is 5.75 Å². The molecular formula is C36H34F4N2O4. The second kappa shape index (κ2) is 12.6. The van der Waals surface area contributed by atoms with E-state index in [2.05, 4.69) is 5.32 Å². The molecule has 0 bridgehead atoms. The number of aliphatic hydroxyl groups is 1. The number of fused-ring (bicyclic) bond motifs is 1. The van der Waals surface area contributed by atoms with Crippen LogP contribution in [-0.4, -0.2) is 29.1 Å². The molecule has 0 radical (unpaired) electrons. The van der Waals surface area contributed by atoms with E-state index in [0.29, 0.717) is 28.1 Å². The summed E-state index contributed by atoms with van der Waals surface area (Å²) in [6.07, 6.45) is -4.46. The summed E-state index contributed by atoms with van der Waals surface area (Å²) in [6, 6.07) is 20.5. The van der Waals surface area contributed by atoms with Crippen LogP contribution in [0.2, 0.25) is 0 Å². The lowest BCUT2D eigenvalue weighted by molar-refractivity contribution is -0.138. The second-order valence-electron chi connectivity index (χ2n) is 12.2. The van der Waals surface area contributed by atoms with Gasteiger partial charge in [-0.15, -0.1) is 0 Å². The number of halogens is 4. The number of aryl methyl sites for hydroxylation is 2. The van der Waals surface area contributed by atoms with Crippen LogP contribution in [0.4, 0.5) is 28.9 Å². The first-order valence-electron chi connectivity index (χ1n) is 14.7. The van der Waals surface area contributed by atoms with Gasteiger partial charge in [0.2, 0.25) is 5.91 Å². The topological polar surface area (TPSA) is 78.9 Å². The summed E-state index contributed by atoms with van der Waals surface area (Å²) in [5, 5.41) is 12.7. The summed E-state index contributed by atoms with van der Waals surface area (Å²) in [5.41, 5.74) is -0.0798. The summed E-state index contributed by atoms with van der Waals surface area (Å²) in [6.45, 7) is 6.18. The molecule has 2 atom stereocenters. The van der Waals surface area contributed by atoms with Crippen LogP contribution in [0.1, 0.15) is 58.1 Å². The second-order valence-corrected chi connectivity index (χ2v) is 12.2. The number of benzene rings is 4. The van der Waals surface area contributed by atoms with Crippen molar-refractivity contribution in [2.24, 2.45) is 5.92 Å². The van der Waals surface area contributed by atoms with Gasteiger partial charge in [-0.05, 0) is 92.8 Å². The lowest BCUT2D eigenvalue weighted by Gasteiger charge is -2.42. The summed E-state index contributed by atoms with van der Waals surface area (Å²) < 4.78 is 62.0. The van der Waals surface area contributed by atoms with E-state index in [1.54, 1.807) is 75.4 Å². The standard InChI is InChI=1S/C36H34F4N2O4/c1-21-12-15-25(19-28(21)36(38,39)40)41-33(43)27-18-24-9-5-6-11-30(24)42(34(44)31-22(2)8-7-10-29(31)37)32(27)23-13-16-26(17-14-23)46-20-35(3,4)45/h5-17,19,27,32,45H,18,20H2,1-4H3,(H,41,43)/t27-,32?/m0/s1. The highest BCUT2D eigenvalue weighted by Gasteiger charge is 2.43. The number of anilines is 2. The molecule has 10 heteroatoms. The van der Waals surface area contributed by atoms with E-state index >= 15 is 4.39 Å². The number of ether oxygens (including phenoxy) is 1. The van der Waals surface area contributed by atoms with Crippen molar-refractivity contribution in [3.05, 3.63) is 124 Å². The van der Waals surface area contributed by atoms with Crippen LogP contribution in [0.15, 0.2) is 84.9 Å². The van der Waals surface area contributed by atoms with E-state index in [-0.39, 0.29) is 29.8 Å². The predicted molar refractivity (Wildman–Crippen MR) is 167 cm³/mol. The van der Waals surface area contributed by atoms with E-state index < -0.39 is 46.9 Å². The van der Waals surface area contributed by atoms with Crippen molar-refractivity contribution in [2.45, 2.75) is 51.9 Å². The van der Waals surface area contributed by atoms with E-state index in [0.717, 1.165) is 6.07 Å². The Bertz CT molecular complexity index is 1740. The first-order chi connectivity index (χ1) is 21.6. The smallest absolute Gasteiger partial charge is 0.416 e. The van der Waals surface area contributed by atoms with Gasteiger partial charge in [0, 0.05) is 11.4 Å². The van der Waals surface area contributed by atoms with Crippen molar-refractivity contribution in [2.75, 3.05) is 16.8 Å². The Labute approximate surface area is 264 Å². The summed E-state index contributed by atoms with van der Waals surface area (Å²) >= 11 is 0. The number of nitrogens with one attached hydrogen (secondary N) is 1. The number of amides is 2. The Kier molecular flexibility index (Phi) is 8.95. The third-order valence-corrected chi connectivity index (χ3v) is 7.97. The van der Waals surface area contributed by atoms with E-state index in [4.69, 9.17) is 4.74 Å². The van der Waals surface area contributed by atoms with Crippen LogP contribution in [-0.2, 0) is 17.4 Å². The first-order valence-corrected chi connectivity index (χ1v) is 14.7. The molecule has 4 aromatic carbocycles. The van der Waals surface area contributed by atoms with E-state index in [1.807, 2.05) is 0 Å². The Morgan fingerprint density at radius 1 is 0.935 bits per heavy atom. The minimum atomic E-state index is -4.62. The van der Waals surface area contributed by atoms with Crippen LogP contribution in [0, 0.1) is 25.6 Å². The molecule has 46 heavy (non-hydrogen) atoms. The fourth-order valence-corrected chi connectivity index (χ4v) is 5.73. The molecule has 1 unspecified atom stereocenters. The minimum Gasteiger partial charge on any atom is -0.491 e.